The second-order valence-electron chi connectivity index (χ2n) is 6.91. The van der Waals surface area contributed by atoms with Crippen LogP contribution in [0.25, 0.3) is 0 Å². The maximum atomic E-state index is 12.5. The second-order valence-corrected chi connectivity index (χ2v) is 6.91. The Balaban J connectivity index is 2.03. The number of carbonyl (C=O) groups is 2. The highest BCUT2D eigenvalue weighted by atomic mass is 16.4. The molecule has 2 aliphatic carbocycles. The summed E-state index contributed by atoms with van der Waals surface area (Å²) in [6, 6.07) is -0.194. The number of nitrogens with one attached hydrogen (secondary N) is 1. The van der Waals surface area contributed by atoms with Crippen molar-refractivity contribution >= 4 is 12.0 Å². The van der Waals surface area contributed by atoms with Gasteiger partial charge in [0.2, 0.25) is 0 Å². The van der Waals surface area contributed by atoms with E-state index in [9.17, 15) is 14.7 Å². The van der Waals surface area contributed by atoms with E-state index in [0.717, 1.165) is 25.8 Å². The molecule has 120 valence electrons. The number of nitrogens with zero attached hydrogens (tertiary/aromatic N) is 1. The summed E-state index contributed by atoms with van der Waals surface area (Å²) in [6.45, 7) is 5.58. The molecule has 2 aliphatic rings. The van der Waals surface area contributed by atoms with Crippen molar-refractivity contribution in [1.82, 2.24) is 10.2 Å². The zero-order valence-electron chi connectivity index (χ0n) is 13.2. The molecule has 0 aromatic heterocycles. The average Bonchev–Trinajstić information content (AvgIpc) is 3.22. The molecule has 2 fully saturated rings. The Morgan fingerprint density at radius 3 is 2.57 bits per heavy atom. The predicted octanol–water partition coefficient (Wildman–Crippen LogP) is 2.85. The van der Waals surface area contributed by atoms with Gasteiger partial charge in [-0.2, -0.15) is 0 Å². The smallest absolute Gasteiger partial charge is 0.329 e. The van der Waals surface area contributed by atoms with Gasteiger partial charge in [-0.1, -0.05) is 26.7 Å². The number of amides is 2. The summed E-state index contributed by atoms with van der Waals surface area (Å²) >= 11 is 0. The van der Waals surface area contributed by atoms with E-state index < -0.39 is 11.5 Å². The van der Waals surface area contributed by atoms with E-state index in [-0.39, 0.29) is 6.03 Å². The summed E-state index contributed by atoms with van der Waals surface area (Å²) in [5.74, 6) is 0.0804. The van der Waals surface area contributed by atoms with Crippen LogP contribution in [0.1, 0.15) is 58.8 Å². The molecule has 21 heavy (non-hydrogen) atoms. The lowest BCUT2D eigenvalue weighted by atomic mass is 9.76. The molecule has 0 bridgehead atoms. The molecule has 0 saturated heterocycles. The fourth-order valence-corrected chi connectivity index (χ4v) is 3.35. The molecule has 2 N–H and O–H groups in total. The molecule has 2 saturated carbocycles. The number of hydrogen-bond donors (Lipinski definition) is 2. The summed E-state index contributed by atoms with van der Waals surface area (Å²) in [6.07, 6.45) is 6.27. The van der Waals surface area contributed by atoms with E-state index >= 15 is 0 Å². The van der Waals surface area contributed by atoms with Gasteiger partial charge in [0.25, 0.3) is 0 Å². The van der Waals surface area contributed by atoms with Crippen LogP contribution >= 0.6 is 0 Å². The first kappa shape index (κ1) is 16.1. The van der Waals surface area contributed by atoms with Crippen molar-refractivity contribution in [3.05, 3.63) is 0 Å². The van der Waals surface area contributed by atoms with Gasteiger partial charge in [0.1, 0.15) is 5.54 Å². The van der Waals surface area contributed by atoms with E-state index in [0.29, 0.717) is 31.2 Å². The van der Waals surface area contributed by atoms with Crippen LogP contribution in [0.5, 0.6) is 0 Å². The highest BCUT2D eigenvalue weighted by Crippen LogP contribution is 2.33. The Morgan fingerprint density at radius 1 is 1.33 bits per heavy atom. The summed E-state index contributed by atoms with van der Waals surface area (Å²) in [7, 11) is 0. The van der Waals surface area contributed by atoms with Crippen molar-refractivity contribution in [2.45, 2.75) is 64.3 Å². The molecule has 2 atom stereocenters. The molecule has 2 amide bonds. The Labute approximate surface area is 127 Å². The van der Waals surface area contributed by atoms with Crippen molar-refractivity contribution in [3.63, 3.8) is 0 Å². The molecule has 0 heterocycles. The van der Waals surface area contributed by atoms with Gasteiger partial charge in [-0.3, -0.25) is 0 Å². The molecule has 2 unspecified atom stereocenters. The third-order valence-electron chi connectivity index (χ3n) is 4.71. The van der Waals surface area contributed by atoms with Crippen LogP contribution in [0, 0.1) is 11.8 Å². The molecule has 0 aromatic rings. The van der Waals surface area contributed by atoms with Crippen molar-refractivity contribution in [1.29, 1.82) is 0 Å². The van der Waals surface area contributed by atoms with Crippen LogP contribution in [0.4, 0.5) is 4.79 Å². The Kier molecular flexibility index (Phi) is 5.12. The zero-order chi connectivity index (χ0) is 15.5. The fraction of sp³-hybridized carbons (Fsp3) is 0.875. The quantitative estimate of drug-likeness (QED) is 0.792. The molecule has 0 aromatic carbocycles. The summed E-state index contributed by atoms with van der Waals surface area (Å²) in [5.41, 5.74) is -1.07. The van der Waals surface area contributed by atoms with E-state index in [1.165, 1.54) is 12.8 Å². The van der Waals surface area contributed by atoms with Gasteiger partial charge >= 0.3 is 12.0 Å². The maximum Gasteiger partial charge on any atom is 0.329 e. The normalized spacial score (nSPS) is 29.0. The monoisotopic (exact) mass is 296 g/mol. The second kappa shape index (κ2) is 6.67. The summed E-state index contributed by atoms with van der Waals surface area (Å²) in [4.78, 5) is 26.1. The molecule has 2 rings (SSSR count). The highest BCUT2D eigenvalue weighted by Gasteiger charge is 2.44. The molecular weight excluding hydrogens is 268 g/mol. The Bertz CT molecular complexity index is 395. The van der Waals surface area contributed by atoms with Gasteiger partial charge in [0, 0.05) is 13.1 Å². The molecule has 0 spiro atoms. The first-order valence-electron chi connectivity index (χ1n) is 8.27. The molecular formula is C16H28N2O3. The van der Waals surface area contributed by atoms with Crippen molar-refractivity contribution < 1.29 is 14.7 Å². The predicted molar refractivity (Wildman–Crippen MR) is 81.1 cm³/mol. The van der Waals surface area contributed by atoms with Crippen LogP contribution < -0.4 is 5.32 Å². The third-order valence-corrected chi connectivity index (χ3v) is 4.71. The van der Waals surface area contributed by atoms with Crippen molar-refractivity contribution in [2.75, 3.05) is 13.1 Å². The van der Waals surface area contributed by atoms with E-state index in [2.05, 4.69) is 12.2 Å². The number of rotatable bonds is 6. The first-order chi connectivity index (χ1) is 9.97. The maximum absolute atomic E-state index is 12.5. The van der Waals surface area contributed by atoms with Crippen molar-refractivity contribution in [2.24, 2.45) is 11.8 Å². The molecule has 0 aliphatic heterocycles. The number of urea groups is 1. The fourth-order valence-electron chi connectivity index (χ4n) is 3.35. The van der Waals surface area contributed by atoms with Crippen LogP contribution in [-0.2, 0) is 4.79 Å². The average molecular weight is 296 g/mol. The summed E-state index contributed by atoms with van der Waals surface area (Å²) in [5, 5.41) is 12.5. The van der Waals surface area contributed by atoms with Gasteiger partial charge in [-0.25, -0.2) is 9.59 Å². The lowest BCUT2D eigenvalue weighted by Crippen LogP contribution is -2.60. The number of aliphatic carboxylic acids is 1. The van der Waals surface area contributed by atoms with Gasteiger partial charge < -0.3 is 15.3 Å². The molecule has 0 radical (unpaired) electrons. The lowest BCUT2D eigenvalue weighted by Gasteiger charge is -2.38. The molecule has 5 heteroatoms. The van der Waals surface area contributed by atoms with Gasteiger partial charge in [0.05, 0.1) is 0 Å². The minimum absolute atomic E-state index is 0.194. The minimum atomic E-state index is -1.07. The minimum Gasteiger partial charge on any atom is -0.480 e. The third kappa shape index (κ3) is 4.11. The van der Waals surface area contributed by atoms with E-state index in [1.54, 1.807) is 0 Å². The first-order valence-corrected chi connectivity index (χ1v) is 8.27. The van der Waals surface area contributed by atoms with Crippen LogP contribution in [0.2, 0.25) is 0 Å². The zero-order valence-corrected chi connectivity index (χ0v) is 13.2. The molecule has 5 nitrogen and oxygen atoms in total. The van der Waals surface area contributed by atoms with E-state index in [4.69, 9.17) is 0 Å². The number of carbonyl (C=O) groups excluding carboxylic acids is 1. The number of hydrogen-bond acceptors (Lipinski definition) is 2. The topological polar surface area (TPSA) is 69.6 Å². The lowest BCUT2D eigenvalue weighted by molar-refractivity contribution is -0.146. The summed E-state index contributed by atoms with van der Waals surface area (Å²) < 4.78 is 0. The van der Waals surface area contributed by atoms with Crippen LogP contribution in [0.3, 0.4) is 0 Å². The van der Waals surface area contributed by atoms with Gasteiger partial charge in [0.15, 0.2) is 0 Å². The van der Waals surface area contributed by atoms with Crippen LogP contribution in [0.15, 0.2) is 0 Å². The standard InChI is InChI=1S/C16H28N2O3/c1-3-9-18(11-13-6-7-13)15(21)17-16(14(19)20)8-4-5-12(2)10-16/h12-13H,3-11H2,1-2H3,(H,17,21)(H,19,20). The van der Waals surface area contributed by atoms with Crippen LogP contribution in [-0.4, -0.2) is 40.6 Å². The highest BCUT2D eigenvalue weighted by molar-refractivity contribution is 5.86. The Morgan fingerprint density at radius 2 is 2.05 bits per heavy atom. The Hall–Kier alpha value is -1.26. The largest absolute Gasteiger partial charge is 0.480 e. The SMILES string of the molecule is CCCN(CC1CC1)C(=O)NC1(C(=O)O)CCCC(C)C1. The van der Waals surface area contributed by atoms with Crippen molar-refractivity contribution in [3.8, 4) is 0 Å². The van der Waals surface area contributed by atoms with E-state index in [1.807, 2.05) is 11.8 Å². The number of carboxylic acid groups (broad SMARTS) is 1. The van der Waals surface area contributed by atoms with Gasteiger partial charge in [-0.05, 0) is 43.9 Å². The van der Waals surface area contributed by atoms with Gasteiger partial charge in [-0.15, -0.1) is 0 Å². The number of carboxylic acids is 1.